The fourth-order valence-corrected chi connectivity index (χ4v) is 4.53. The number of carbonyl (C=O) groups excluding carboxylic acids is 1. The third kappa shape index (κ3) is 3.78. The molecule has 3 rings (SSSR count). The molecule has 26 heavy (non-hydrogen) atoms. The number of hydrogen-bond acceptors (Lipinski definition) is 3. The summed E-state index contributed by atoms with van der Waals surface area (Å²) in [7, 11) is -4.03. The van der Waals surface area contributed by atoms with Crippen molar-refractivity contribution in [3.63, 3.8) is 0 Å². The topological polar surface area (TPSA) is 75.3 Å². The van der Waals surface area contributed by atoms with Crippen LogP contribution in [0.5, 0.6) is 0 Å². The second-order valence-corrected chi connectivity index (χ2v) is 8.37. The van der Waals surface area contributed by atoms with Gasteiger partial charge in [0.05, 0.1) is 6.04 Å². The molecule has 1 aliphatic rings. The lowest BCUT2D eigenvalue weighted by Gasteiger charge is -2.15. The molecule has 0 bridgehead atoms. The Bertz CT molecular complexity index is 942. The van der Waals surface area contributed by atoms with Gasteiger partial charge in [0, 0.05) is 11.6 Å². The zero-order valence-electron chi connectivity index (χ0n) is 14.6. The van der Waals surface area contributed by atoms with Gasteiger partial charge in [0.25, 0.3) is 5.91 Å². The van der Waals surface area contributed by atoms with E-state index in [0.29, 0.717) is 0 Å². The first kappa shape index (κ1) is 18.5. The molecule has 0 radical (unpaired) electrons. The first-order valence-corrected chi connectivity index (χ1v) is 9.97. The largest absolute Gasteiger partial charge is 0.345 e. The molecule has 0 saturated heterocycles. The summed E-state index contributed by atoms with van der Waals surface area (Å²) < 4.78 is 40.9. The number of halogens is 1. The van der Waals surface area contributed by atoms with Crippen LogP contribution in [-0.2, 0) is 16.4 Å². The van der Waals surface area contributed by atoms with E-state index in [4.69, 9.17) is 0 Å². The number of nitrogens with one attached hydrogen (secondary N) is 2. The molecule has 138 valence electrons. The number of hydrogen-bond donors (Lipinski definition) is 2. The van der Waals surface area contributed by atoms with Crippen molar-refractivity contribution in [1.82, 2.24) is 10.0 Å². The van der Waals surface area contributed by atoms with Crippen LogP contribution in [0.4, 0.5) is 4.39 Å². The number of benzene rings is 2. The van der Waals surface area contributed by atoms with Gasteiger partial charge >= 0.3 is 0 Å². The highest BCUT2D eigenvalue weighted by Gasteiger charge is 2.26. The van der Waals surface area contributed by atoms with E-state index in [2.05, 4.69) is 10.0 Å². The van der Waals surface area contributed by atoms with Gasteiger partial charge < -0.3 is 5.32 Å². The fraction of sp³-hybridized carbons (Fsp3) is 0.316. The first-order chi connectivity index (χ1) is 12.3. The highest BCUT2D eigenvalue weighted by atomic mass is 32.2. The number of sulfonamides is 1. The molecule has 0 saturated carbocycles. The van der Waals surface area contributed by atoms with Crippen LogP contribution in [0.1, 0.15) is 47.8 Å². The average Bonchev–Trinajstić information content (AvgIpc) is 2.97. The van der Waals surface area contributed by atoms with Crippen molar-refractivity contribution in [2.24, 2.45) is 0 Å². The number of rotatable bonds is 5. The monoisotopic (exact) mass is 376 g/mol. The number of aryl methyl sites for hydroxylation is 1. The van der Waals surface area contributed by atoms with Crippen LogP contribution in [0.3, 0.4) is 0 Å². The third-order valence-corrected chi connectivity index (χ3v) is 5.99. The van der Waals surface area contributed by atoms with Gasteiger partial charge in [-0.2, -0.15) is 0 Å². The molecule has 2 aromatic rings. The summed E-state index contributed by atoms with van der Waals surface area (Å²) in [6.07, 6.45) is 1.66. The van der Waals surface area contributed by atoms with Crippen molar-refractivity contribution in [3.8, 4) is 0 Å². The van der Waals surface area contributed by atoms with Crippen molar-refractivity contribution in [2.45, 2.75) is 43.7 Å². The number of amides is 1. The molecule has 1 amide bonds. The van der Waals surface area contributed by atoms with Gasteiger partial charge in [0.15, 0.2) is 0 Å². The van der Waals surface area contributed by atoms with E-state index in [-0.39, 0.29) is 17.6 Å². The van der Waals surface area contributed by atoms with E-state index in [1.54, 1.807) is 13.8 Å². The molecule has 7 heteroatoms. The Morgan fingerprint density at radius 2 is 1.92 bits per heavy atom. The molecule has 0 spiro atoms. The smallest absolute Gasteiger partial charge is 0.251 e. The van der Waals surface area contributed by atoms with Crippen LogP contribution in [0.25, 0.3) is 0 Å². The molecule has 0 heterocycles. The Kier molecular flexibility index (Phi) is 5.11. The summed E-state index contributed by atoms with van der Waals surface area (Å²) in [6, 6.07) is 10.8. The Labute approximate surface area is 152 Å². The third-order valence-electron chi connectivity index (χ3n) is 4.31. The van der Waals surface area contributed by atoms with Crippen molar-refractivity contribution >= 4 is 15.9 Å². The number of fused-ring (bicyclic) bond motifs is 1. The van der Waals surface area contributed by atoms with Crippen LogP contribution in [0.2, 0.25) is 0 Å². The summed E-state index contributed by atoms with van der Waals surface area (Å²) in [5.41, 5.74) is 2.37. The van der Waals surface area contributed by atoms with E-state index in [9.17, 15) is 17.6 Å². The van der Waals surface area contributed by atoms with Gasteiger partial charge in [0.2, 0.25) is 10.0 Å². The normalized spacial score (nSPS) is 16.5. The quantitative estimate of drug-likeness (QED) is 0.842. The summed E-state index contributed by atoms with van der Waals surface area (Å²) in [6.45, 7) is 3.28. The molecule has 2 N–H and O–H groups in total. The van der Waals surface area contributed by atoms with Crippen molar-refractivity contribution < 1.29 is 17.6 Å². The van der Waals surface area contributed by atoms with E-state index < -0.39 is 26.6 Å². The Morgan fingerprint density at radius 1 is 1.19 bits per heavy atom. The van der Waals surface area contributed by atoms with E-state index in [0.717, 1.165) is 30.5 Å². The molecular formula is C19H21FN2O3S. The lowest BCUT2D eigenvalue weighted by molar-refractivity contribution is 0.0936. The molecular weight excluding hydrogens is 355 g/mol. The van der Waals surface area contributed by atoms with Crippen LogP contribution >= 0.6 is 0 Å². The van der Waals surface area contributed by atoms with E-state index in [1.165, 1.54) is 11.6 Å². The molecule has 1 aliphatic carbocycles. The number of carbonyl (C=O) groups is 1. The Hall–Kier alpha value is -2.25. The molecule has 5 nitrogen and oxygen atoms in total. The van der Waals surface area contributed by atoms with E-state index in [1.807, 2.05) is 24.3 Å². The maximum absolute atomic E-state index is 14.0. The molecule has 1 unspecified atom stereocenters. The maximum atomic E-state index is 14.0. The van der Waals surface area contributed by atoms with Crippen LogP contribution in [0, 0.1) is 5.82 Å². The predicted octanol–water partition coefficient (Wildman–Crippen LogP) is 2.93. The average molecular weight is 376 g/mol. The lowest BCUT2D eigenvalue weighted by Crippen LogP contribution is -2.31. The first-order valence-electron chi connectivity index (χ1n) is 8.48. The minimum Gasteiger partial charge on any atom is -0.345 e. The molecule has 0 fully saturated rings. The zero-order valence-corrected chi connectivity index (χ0v) is 15.4. The highest BCUT2D eigenvalue weighted by Crippen LogP contribution is 2.31. The molecule has 0 aliphatic heterocycles. The van der Waals surface area contributed by atoms with Crippen LogP contribution in [0.15, 0.2) is 47.4 Å². The maximum Gasteiger partial charge on any atom is 0.251 e. The van der Waals surface area contributed by atoms with Crippen molar-refractivity contribution in [2.75, 3.05) is 0 Å². The minimum absolute atomic E-state index is 0.111. The molecule has 2 aromatic carbocycles. The van der Waals surface area contributed by atoms with Gasteiger partial charge in [-0.1, -0.05) is 24.3 Å². The minimum atomic E-state index is -4.03. The lowest BCUT2D eigenvalue weighted by atomic mass is 10.1. The summed E-state index contributed by atoms with van der Waals surface area (Å²) in [5, 5.41) is 2.91. The van der Waals surface area contributed by atoms with Crippen LogP contribution in [-0.4, -0.2) is 20.4 Å². The SMILES string of the molecule is CC(C)NS(=O)(=O)c1cc(C(=O)NC2CCc3ccccc32)ccc1F. The second kappa shape index (κ2) is 7.17. The van der Waals surface area contributed by atoms with Crippen molar-refractivity contribution in [1.29, 1.82) is 0 Å². The van der Waals surface area contributed by atoms with Crippen LogP contribution < -0.4 is 10.0 Å². The zero-order chi connectivity index (χ0) is 18.9. The van der Waals surface area contributed by atoms with E-state index >= 15 is 0 Å². The van der Waals surface area contributed by atoms with Gasteiger partial charge in [0.1, 0.15) is 10.7 Å². The van der Waals surface area contributed by atoms with Gasteiger partial charge in [-0.15, -0.1) is 0 Å². The predicted molar refractivity (Wildman–Crippen MR) is 96.8 cm³/mol. The summed E-state index contributed by atoms with van der Waals surface area (Å²) in [5.74, 6) is -1.31. The van der Waals surface area contributed by atoms with Gasteiger partial charge in [-0.05, 0) is 56.0 Å². The highest BCUT2D eigenvalue weighted by molar-refractivity contribution is 7.89. The summed E-state index contributed by atoms with van der Waals surface area (Å²) in [4.78, 5) is 12.1. The standard InChI is InChI=1S/C19H21FN2O3S/c1-12(2)22-26(24,25)18-11-14(7-9-16(18)20)19(23)21-17-10-8-13-5-3-4-6-15(13)17/h3-7,9,11-12,17,22H,8,10H2,1-2H3,(H,21,23). The Balaban J connectivity index is 1.84. The summed E-state index contributed by atoms with van der Waals surface area (Å²) >= 11 is 0. The molecule has 0 aromatic heterocycles. The molecule has 1 atom stereocenters. The Morgan fingerprint density at radius 3 is 2.65 bits per heavy atom. The van der Waals surface area contributed by atoms with Gasteiger partial charge in [-0.3, -0.25) is 4.79 Å². The fourth-order valence-electron chi connectivity index (χ4n) is 3.17. The van der Waals surface area contributed by atoms with Crippen molar-refractivity contribution in [3.05, 3.63) is 65.0 Å². The second-order valence-electron chi connectivity index (χ2n) is 6.68. The van der Waals surface area contributed by atoms with Gasteiger partial charge in [-0.25, -0.2) is 17.5 Å².